The highest BCUT2D eigenvalue weighted by Gasteiger charge is 2.19. The van der Waals surface area contributed by atoms with Crippen LogP contribution in [0, 0.1) is 6.92 Å². The second kappa shape index (κ2) is 7.34. The lowest BCUT2D eigenvalue weighted by atomic mass is 10.1. The highest BCUT2D eigenvalue weighted by atomic mass is 16.5. The molecule has 0 spiro atoms. The third-order valence-electron chi connectivity index (χ3n) is 4.35. The number of aldehydes is 1. The van der Waals surface area contributed by atoms with Crippen LogP contribution in [0.15, 0.2) is 48.5 Å². The fraction of sp³-hybridized carbons (Fsp3) is 0.238. The Kier molecular flexibility index (Phi) is 4.98. The molecule has 128 valence electrons. The minimum absolute atomic E-state index is 0.151. The van der Waals surface area contributed by atoms with Gasteiger partial charge in [-0.2, -0.15) is 0 Å². The van der Waals surface area contributed by atoms with Crippen LogP contribution in [0.4, 0.5) is 0 Å². The third-order valence-corrected chi connectivity index (χ3v) is 4.35. The van der Waals surface area contributed by atoms with Crippen molar-refractivity contribution in [2.75, 3.05) is 6.61 Å². The summed E-state index contributed by atoms with van der Waals surface area (Å²) in [6.45, 7) is 4.58. The number of unbranched alkanes of at least 4 members (excludes halogenated alkanes) is 1. The number of fused-ring (bicyclic) bond motifs is 1. The summed E-state index contributed by atoms with van der Waals surface area (Å²) in [4.78, 5) is 24.4. The van der Waals surface area contributed by atoms with Crippen molar-refractivity contribution >= 4 is 23.1 Å². The van der Waals surface area contributed by atoms with Gasteiger partial charge in [0.05, 0.1) is 12.1 Å². The summed E-state index contributed by atoms with van der Waals surface area (Å²) in [7, 11) is 0. The molecular formula is C21H21NO3. The van der Waals surface area contributed by atoms with Gasteiger partial charge in [0.1, 0.15) is 5.75 Å². The Balaban J connectivity index is 1.95. The standard InChI is InChI=1S/C21H21NO3/c1-3-4-13-25-17-11-9-16(10-12-17)21(24)22-15(2)19(14-23)18-7-5-6-8-20(18)22/h5-12,14H,3-4,13H2,1-2H3. The lowest BCUT2D eigenvalue weighted by Gasteiger charge is -2.09. The number of hydrogen-bond donors (Lipinski definition) is 0. The van der Waals surface area contributed by atoms with E-state index >= 15 is 0 Å². The first-order chi connectivity index (χ1) is 12.2. The SMILES string of the molecule is CCCCOc1ccc(C(=O)n2c(C)c(C=O)c3ccccc32)cc1. The first-order valence-electron chi connectivity index (χ1n) is 8.50. The summed E-state index contributed by atoms with van der Waals surface area (Å²) < 4.78 is 7.24. The van der Waals surface area contributed by atoms with Crippen molar-refractivity contribution in [3.63, 3.8) is 0 Å². The number of benzene rings is 2. The molecule has 1 heterocycles. The Morgan fingerprint density at radius 1 is 1.12 bits per heavy atom. The van der Waals surface area contributed by atoms with Crippen LogP contribution in [0.5, 0.6) is 5.75 Å². The molecule has 0 unspecified atom stereocenters. The van der Waals surface area contributed by atoms with Crippen molar-refractivity contribution in [2.24, 2.45) is 0 Å². The van der Waals surface area contributed by atoms with Crippen LogP contribution >= 0.6 is 0 Å². The van der Waals surface area contributed by atoms with Gasteiger partial charge >= 0.3 is 0 Å². The Morgan fingerprint density at radius 3 is 2.52 bits per heavy atom. The number of carbonyl (C=O) groups excluding carboxylic acids is 2. The van der Waals surface area contributed by atoms with E-state index in [1.54, 1.807) is 23.6 Å². The van der Waals surface area contributed by atoms with Gasteiger partial charge in [0, 0.05) is 22.2 Å². The van der Waals surface area contributed by atoms with Gasteiger partial charge in [-0.05, 0) is 43.7 Å². The lowest BCUT2D eigenvalue weighted by molar-refractivity contribution is 0.0963. The van der Waals surface area contributed by atoms with E-state index in [-0.39, 0.29) is 5.91 Å². The summed E-state index contributed by atoms with van der Waals surface area (Å²) in [6, 6.07) is 14.6. The van der Waals surface area contributed by atoms with Crippen molar-refractivity contribution in [3.05, 3.63) is 65.4 Å². The Hall–Kier alpha value is -2.88. The second-order valence-electron chi connectivity index (χ2n) is 6.00. The number of aromatic nitrogens is 1. The van der Waals surface area contributed by atoms with Crippen molar-refractivity contribution in [2.45, 2.75) is 26.7 Å². The van der Waals surface area contributed by atoms with Crippen LogP contribution in [0.3, 0.4) is 0 Å². The van der Waals surface area contributed by atoms with Crippen molar-refractivity contribution in [1.29, 1.82) is 0 Å². The van der Waals surface area contributed by atoms with E-state index in [0.717, 1.165) is 35.8 Å². The molecule has 0 aliphatic heterocycles. The molecule has 0 radical (unpaired) electrons. The van der Waals surface area contributed by atoms with Crippen LogP contribution < -0.4 is 4.74 Å². The third kappa shape index (κ3) is 3.20. The van der Waals surface area contributed by atoms with E-state index in [2.05, 4.69) is 6.92 Å². The number of nitrogens with zero attached hydrogens (tertiary/aromatic N) is 1. The molecule has 0 bridgehead atoms. The molecule has 0 aliphatic rings. The fourth-order valence-corrected chi connectivity index (χ4v) is 2.96. The van der Waals surface area contributed by atoms with Crippen LogP contribution in [0.25, 0.3) is 10.9 Å². The normalized spacial score (nSPS) is 10.8. The van der Waals surface area contributed by atoms with Gasteiger partial charge in [-0.15, -0.1) is 0 Å². The molecule has 3 rings (SSSR count). The average molecular weight is 335 g/mol. The van der Waals surface area contributed by atoms with E-state index in [0.29, 0.717) is 23.4 Å². The monoisotopic (exact) mass is 335 g/mol. The molecule has 0 aliphatic carbocycles. The van der Waals surface area contributed by atoms with Gasteiger partial charge in [0.2, 0.25) is 0 Å². The van der Waals surface area contributed by atoms with Crippen molar-refractivity contribution < 1.29 is 14.3 Å². The van der Waals surface area contributed by atoms with Gasteiger partial charge in [-0.1, -0.05) is 31.5 Å². The summed E-state index contributed by atoms with van der Waals surface area (Å²) in [5.74, 6) is 0.606. The highest BCUT2D eigenvalue weighted by molar-refractivity contribution is 6.08. The molecule has 1 aromatic heterocycles. The highest BCUT2D eigenvalue weighted by Crippen LogP contribution is 2.26. The molecule has 4 nitrogen and oxygen atoms in total. The molecule has 25 heavy (non-hydrogen) atoms. The summed E-state index contributed by atoms with van der Waals surface area (Å²) >= 11 is 0. The van der Waals surface area contributed by atoms with E-state index in [1.807, 2.05) is 36.4 Å². The van der Waals surface area contributed by atoms with Crippen LogP contribution in [-0.4, -0.2) is 23.4 Å². The smallest absolute Gasteiger partial charge is 0.262 e. The van der Waals surface area contributed by atoms with Crippen molar-refractivity contribution in [1.82, 2.24) is 4.57 Å². The molecule has 0 saturated carbocycles. The molecule has 0 fully saturated rings. The maximum Gasteiger partial charge on any atom is 0.262 e. The molecule has 0 amide bonds. The van der Waals surface area contributed by atoms with Crippen molar-refractivity contribution in [3.8, 4) is 5.75 Å². The van der Waals surface area contributed by atoms with Crippen LogP contribution in [0.1, 0.15) is 46.2 Å². The second-order valence-corrected chi connectivity index (χ2v) is 6.00. The minimum atomic E-state index is -0.151. The number of hydrogen-bond acceptors (Lipinski definition) is 3. The van der Waals surface area contributed by atoms with Crippen LogP contribution in [0.2, 0.25) is 0 Å². The largest absolute Gasteiger partial charge is 0.494 e. The minimum Gasteiger partial charge on any atom is -0.494 e. The molecule has 0 saturated heterocycles. The number of para-hydroxylation sites is 1. The average Bonchev–Trinajstić information content (AvgIpc) is 2.93. The zero-order valence-corrected chi connectivity index (χ0v) is 14.5. The van der Waals surface area contributed by atoms with E-state index in [4.69, 9.17) is 4.74 Å². The topological polar surface area (TPSA) is 48.3 Å². The van der Waals surface area contributed by atoms with E-state index in [1.165, 1.54) is 0 Å². The lowest BCUT2D eigenvalue weighted by Crippen LogP contribution is -2.13. The molecule has 2 aromatic carbocycles. The fourth-order valence-electron chi connectivity index (χ4n) is 2.96. The molecule has 0 N–H and O–H groups in total. The maximum atomic E-state index is 13.0. The summed E-state index contributed by atoms with van der Waals surface area (Å²) in [6.07, 6.45) is 2.89. The van der Waals surface area contributed by atoms with Gasteiger partial charge in [0.15, 0.2) is 6.29 Å². The van der Waals surface area contributed by atoms with Gasteiger partial charge in [0.25, 0.3) is 5.91 Å². The predicted octanol–water partition coefficient (Wildman–Crippen LogP) is 4.63. The number of ether oxygens (including phenoxy) is 1. The zero-order valence-electron chi connectivity index (χ0n) is 14.5. The molecular weight excluding hydrogens is 314 g/mol. The Morgan fingerprint density at radius 2 is 1.84 bits per heavy atom. The summed E-state index contributed by atoms with van der Waals surface area (Å²) in [5.41, 5.74) is 2.52. The number of rotatable bonds is 6. The summed E-state index contributed by atoms with van der Waals surface area (Å²) in [5, 5.41) is 0.794. The van der Waals surface area contributed by atoms with Gasteiger partial charge in [-0.3, -0.25) is 14.2 Å². The predicted molar refractivity (Wildman–Crippen MR) is 98.6 cm³/mol. The van der Waals surface area contributed by atoms with E-state index < -0.39 is 0 Å². The first-order valence-corrected chi connectivity index (χ1v) is 8.50. The number of carbonyl (C=O) groups is 2. The van der Waals surface area contributed by atoms with Crippen LogP contribution in [-0.2, 0) is 0 Å². The molecule has 0 atom stereocenters. The zero-order chi connectivity index (χ0) is 17.8. The van der Waals surface area contributed by atoms with Gasteiger partial charge in [-0.25, -0.2) is 0 Å². The quantitative estimate of drug-likeness (QED) is 0.487. The van der Waals surface area contributed by atoms with E-state index in [9.17, 15) is 9.59 Å². The molecule has 4 heteroatoms. The first kappa shape index (κ1) is 17.0. The Bertz CT molecular complexity index is 907. The Labute approximate surface area is 147 Å². The maximum absolute atomic E-state index is 13.0. The van der Waals surface area contributed by atoms with Gasteiger partial charge < -0.3 is 4.74 Å². The molecule has 3 aromatic rings.